The van der Waals surface area contributed by atoms with Gasteiger partial charge in [-0.3, -0.25) is 9.59 Å². The highest BCUT2D eigenvalue weighted by atomic mass is 16.5. The third kappa shape index (κ3) is 4.91. The van der Waals surface area contributed by atoms with Crippen LogP contribution in [0.3, 0.4) is 0 Å². The molecule has 0 bridgehead atoms. The number of hydrogen-bond donors (Lipinski definition) is 2. The number of para-hydroxylation sites is 3. The van der Waals surface area contributed by atoms with Crippen LogP contribution in [0, 0.1) is 5.41 Å². The van der Waals surface area contributed by atoms with E-state index < -0.39 is 5.41 Å². The van der Waals surface area contributed by atoms with E-state index >= 15 is 0 Å². The van der Waals surface area contributed by atoms with Gasteiger partial charge in [0.2, 0.25) is 11.8 Å². The highest BCUT2D eigenvalue weighted by molar-refractivity contribution is 6.10. The summed E-state index contributed by atoms with van der Waals surface area (Å²) in [7, 11) is 0. The molecule has 0 radical (unpaired) electrons. The number of hydrogen-bond acceptors (Lipinski definition) is 3. The number of nitrogens with one attached hydrogen (secondary N) is 2. The van der Waals surface area contributed by atoms with Crippen LogP contribution in [-0.4, -0.2) is 17.9 Å². The summed E-state index contributed by atoms with van der Waals surface area (Å²) >= 11 is 0. The molecular formula is C23H28N2O3. The Morgan fingerprint density at radius 1 is 0.893 bits per heavy atom. The summed E-state index contributed by atoms with van der Waals surface area (Å²) in [5.74, 6) is 0.618. The molecule has 2 amide bonds. The highest BCUT2D eigenvalue weighted by Gasteiger charge is 2.37. The van der Waals surface area contributed by atoms with Gasteiger partial charge in [0.15, 0.2) is 5.75 Å². The lowest BCUT2D eigenvalue weighted by Gasteiger charge is -2.28. The Kier molecular flexibility index (Phi) is 6.34. The molecular weight excluding hydrogens is 352 g/mol. The van der Waals surface area contributed by atoms with E-state index in [-0.39, 0.29) is 17.9 Å². The second-order valence-electron chi connectivity index (χ2n) is 7.80. The first-order valence-corrected chi connectivity index (χ1v) is 9.91. The SMILES string of the molecule is CC(C)(C(=O)Nc1ccccc1Oc1ccccc1)C(=O)NC1CCCCC1. The van der Waals surface area contributed by atoms with Crippen molar-refractivity contribution in [2.45, 2.75) is 52.0 Å². The molecule has 5 heteroatoms. The molecule has 0 unspecified atom stereocenters. The number of carbonyl (C=O) groups excluding carboxylic acids is 2. The summed E-state index contributed by atoms with van der Waals surface area (Å²) in [6.07, 6.45) is 5.44. The molecule has 1 fully saturated rings. The second kappa shape index (κ2) is 8.91. The number of carbonyl (C=O) groups is 2. The molecule has 1 saturated carbocycles. The number of rotatable bonds is 6. The molecule has 0 saturated heterocycles. The Bertz CT molecular complexity index is 812. The maximum Gasteiger partial charge on any atom is 0.239 e. The summed E-state index contributed by atoms with van der Waals surface area (Å²) in [6.45, 7) is 3.31. The minimum Gasteiger partial charge on any atom is -0.455 e. The van der Waals surface area contributed by atoms with Gasteiger partial charge < -0.3 is 15.4 Å². The van der Waals surface area contributed by atoms with Gasteiger partial charge in [0, 0.05) is 6.04 Å². The van der Waals surface area contributed by atoms with E-state index in [1.165, 1.54) is 6.42 Å². The fraction of sp³-hybridized carbons (Fsp3) is 0.391. The molecule has 0 atom stereocenters. The van der Waals surface area contributed by atoms with Crippen molar-refractivity contribution in [3.63, 3.8) is 0 Å². The Balaban J connectivity index is 1.68. The van der Waals surface area contributed by atoms with E-state index in [1.807, 2.05) is 42.5 Å². The maximum absolute atomic E-state index is 12.9. The second-order valence-corrected chi connectivity index (χ2v) is 7.80. The van der Waals surface area contributed by atoms with Gasteiger partial charge >= 0.3 is 0 Å². The van der Waals surface area contributed by atoms with Crippen LogP contribution in [0.4, 0.5) is 5.69 Å². The van der Waals surface area contributed by atoms with Crippen molar-refractivity contribution in [2.24, 2.45) is 5.41 Å². The molecule has 1 aliphatic rings. The Morgan fingerprint density at radius 2 is 1.54 bits per heavy atom. The van der Waals surface area contributed by atoms with E-state index in [0.29, 0.717) is 17.2 Å². The first-order chi connectivity index (χ1) is 13.5. The van der Waals surface area contributed by atoms with Gasteiger partial charge in [0.25, 0.3) is 0 Å². The molecule has 5 nitrogen and oxygen atoms in total. The van der Waals surface area contributed by atoms with Crippen LogP contribution in [0.15, 0.2) is 54.6 Å². The molecule has 2 aromatic carbocycles. The van der Waals surface area contributed by atoms with Crippen LogP contribution in [0.5, 0.6) is 11.5 Å². The van der Waals surface area contributed by atoms with Crippen molar-refractivity contribution in [1.82, 2.24) is 5.32 Å². The van der Waals surface area contributed by atoms with E-state index in [0.717, 1.165) is 25.7 Å². The highest BCUT2D eigenvalue weighted by Crippen LogP contribution is 2.31. The molecule has 0 aromatic heterocycles. The lowest BCUT2D eigenvalue weighted by molar-refractivity contribution is -0.139. The van der Waals surface area contributed by atoms with Gasteiger partial charge in [0.05, 0.1) is 5.69 Å². The predicted molar refractivity (Wildman–Crippen MR) is 110 cm³/mol. The van der Waals surface area contributed by atoms with Gasteiger partial charge in [-0.15, -0.1) is 0 Å². The largest absolute Gasteiger partial charge is 0.455 e. The molecule has 148 valence electrons. The van der Waals surface area contributed by atoms with Gasteiger partial charge in [0.1, 0.15) is 11.2 Å². The van der Waals surface area contributed by atoms with Crippen LogP contribution in [0.25, 0.3) is 0 Å². The minimum atomic E-state index is -1.18. The van der Waals surface area contributed by atoms with Crippen molar-refractivity contribution >= 4 is 17.5 Å². The minimum absolute atomic E-state index is 0.169. The standard InChI is InChI=1S/C23H28N2O3/c1-23(2,21(26)24-17-11-5-3-6-12-17)22(27)25-19-15-9-10-16-20(19)28-18-13-7-4-8-14-18/h4,7-10,13-17H,3,5-6,11-12H2,1-2H3,(H,24,26)(H,25,27). The number of ether oxygens (including phenoxy) is 1. The van der Waals surface area contributed by atoms with Gasteiger partial charge in [-0.25, -0.2) is 0 Å². The van der Waals surface area contributed by atoms with Crippen molar-refractivity contribution < 1.29 is 14.3 Å². The zero-order chi connectivity index (χ0) is 20.0. The predicted octanol–water partition coefficient (Wildman–Crippen LogP) is 4.89. The van der Waals surface area contributed by atoms with Crippen molar-refractivity contribution in [3.8, 4) is 11.5 Å². The molecule has 0 spiro atoms. The van der Waals surface area contributed by atoms with E-state index in [9.17, 15) is 9.59 Å². The van der Waals surface area contributed by atoms with Crippen molar-refractivity contribution in [1.29, 1.82) is 0 Å². The van der Waals surface area contributed by atoms with Crippen LogP contribution >= 0.6 is 0 Å². The number of benzene rings is 2. The first-order valence-electron chi connectivity index (χ1n) is 9.91. The Labute approximate surface area is 166 Å². The van der Waals surface area contributed by atoms with Crippen LogP contribution in [0.2, 0.25) is 0 Å². The first kappa shape index (κ1) is 19.9. The average molecular weight is 380 g/mol. The van der Waals surface area contributed by atoms with E-state index in [2.05, 4.69) is 10.6 Å². The Morgan fingerprint density at radius 3 is 2.25 bits per heavy atom. The monoisotopic (exact) mass is 380 g/mol. The zero-order valence-electron chi connectivity index (χ0n) is 16.5. The molecule has 0 heterocycles. The Hall–Kier alpha value is -2.82. The van der Waals surface area contributed by atoms with Gasteiger partial charge in [-0.05, 0) is 51.0 Å². The van der Waals surface area contributed by atoms with Crippen molar-refractivity contribution in [2.75, 3.05) is 5.32 Å². The normalized spacial score (nSPS) is 14.9. The molecule has 0 aliphatic heterocycles. The smallest absolute Gasteiger partial charge is 0.239 e. The van der Waals surface area contributed by atoms with Crippen LogP contribution < -0.4 is 15.4 Å². The van der Waals surface area contributed by atoms with Gasteiger partial charge in [-0.2, -0.15) is 0 Å². The topological polar surface area (TPSA) is 67.4 Å². The van der Waals surface area contributed by atoms with E-state index in [4.69, 9.17) is 4.74 Å². The lowest BCUT2D eigenvalue weighted by atomic mass is 9.88. The quantitative estimate of drug-likeness (QED) is 0.701. The summed E-state index contributed by atoms with van der Waals surface area (Å²) in [5, 5.41) is 5.91. The molecule has 2 N–H and O–H groups in total. The number of amides is 2. The third-order valence-electron chi connectivity index (χ3n) is 5.18. The third-order valence-corrected chi connectivity index (χ3v) is 5.18. The average Bonchev–Trinajstić information content (AvgIpc) is 2.71. The zero-order valence-corrected chi connectivity index (χ0v) is 16.5. The fourth-order valence-electron chi connectivity index (χ4n) is 3.27. The summed E-state index contributed by atoms with van der Waals surface area (Å²) < 4.78 is 5.89. The van der Waals surface area contributed by atoms with Crippen LogP contribution in [-0.2, 0) is 9.59 Å². The van der Waals surface area contributed by atoms with Gasteiger partial charge in [-0.1, -0.05) is 49.6 Å². The lowest BCUT2D eigenvalue weighted by Crippen LogP contribution is -2.49. The van der Waals surface area contributed by atoms with Crippen molar-refractivity contribution in [3.05, 3.63) is 54.6 Å². The summed E-state index contributed by atoms with van der Waals surface area (Å²) in [4.78, 5) is 25.6. The number of anilines is 1. The fourth-order valence-corrected chi connectivity index (χ4v) is 3.27. The maximum atomic E-state index is 12.9. The van der Waals surface area contributed by atoms with Crippen LogP contribution in [0.1, 0.15) is 46.0 Å². The molecule has 3 rings (SSSR count). The molecule has 2 aromatic rings. The summed E-state index contributed by atoms with van der Waals surface area (Å²) in [5.41, 5.74) is -0.646. The molecule has 28 heavy (non-hydrogen) atoms. The van der Waals surface area contributed by atoms with E-state index in [1.54, 1.807) is 26.0 Å². The molecule has 1 aliphatic carbocycles. The summed E-state index contributed by atoms with van der Waals surface area (Å²) in [6, 6.07) is 16.8.